The Morgan fingerprint density at radius 1 is 0.727 bits per heavy atom. The first-order valence-corrected chi connectivity index (χ1v) is 13.5. The molecule has 0 bridgehead atoms. The molecule has 6 nitrogen and oxygen atoms in total. The first kappa shape index (κ1) is 26.0. The number of nitrogens with one attached hydrogen (secondary N) is 1. The van der Waals surface area contributed by atoms with Crippen LogP contribution in [0.1, 0.15) is 130 Å². The lowest BCUT2D eigenvalue weighted by atomic mass is 9.74. The molecule has 0 radical (unpaired) electrons. The second-order valence-corrected chi connectivity index (χ2v) is 12.0. The van der Waals surface area contributed by atoms with Crippen LogP contribution in [0, 0.1) is 5.92 Å². The van der Waals surface area contributed by atoms with E-state index >= 15 is 0 Å². The summed E-state index contributed by atoms with van der Waals surface area (Å²) < 4.78 is 0. The van der Waals surface area contributed by atoms with Crippen LogP contribution in [-0.2, 0) is 14.4 Å². The zero-order valence-electron chi connectivity index (χ0n) is 21.3. The average molecular weight is 462 g/mol. The Kier molecular flexibility index (Phi) is 8.50. The highest BCUT2D eigenvalue weighted by molar-refractivity contribution is 5.90. The molecule has 1 unspecified atom stereocenters. The van der Waals surface area contributed by atoms with E-state index in [1.54, 1.807) is 0 Å². The second-order valence-electron chi connectivity index (χ2n) is 12.0. The number of nitrogens with two attached hydrogens (primary N) is 1. The molecule has 3 amide bonds. The Morgan fingerprint density at radius 2 is 1.15 bits per heavy atom. The van der Waals surface area contributed by atoms with Gasteiger partial charge < -0.3 is 16.0 Å². The van der Waals surface area contributed by atoms with E-state index in [0.29, 0.717) is 0 Å². The highest BCUT2D eigenvalue weighted by Gasteiger charge is 2.47. The van der Waals surface area contributed by atoms with Gasteiger partial charge in [-0.3, -0.25) is 14.4 Å². The number of rotatable bonds is 8. The molecule has 6 heteroatoms. The zero-order chi connectivity index (χ0) is 24.1. The van der Waals surface area contributed by atoms with Gasteiger partial charge >= 0.3 is 0 Å². The summed E-state index contributed by atoms with van der Waals surface area (Å²) in [7, 11) is 0. The smallest absolute Gasteiger partial charge is 0.224 e. The Balaban J connectivity index is 1.81. The van der Waals surface area contributed by atoms with Crippen LogP contribution < -0.4 is 11.1 Å². The molecule has 0 aromatic rings. The predicted molar refractivity (Wildman–Crippen MR) is 131 cm³/mol. The van der Waals surface area contributed by atoms with E-state index in [1.165, 1.54) is 19.3 Å². The van der Waals surface area contributed by atoms with Crippen LogP contribution in [0.4, 0.5) is 0 Å². The van der Waals surface area contributed by atoms with Gasteiger partial charge in [0.25, 0.3) is 0 Å². The lowest BCUT2D eigenvalue weighted by molar-refractivity contribution is -0.154. The fourth-order valence-corrected chi connectivity index (χ4v) is 6.99. The van der Waals surface area contributed by atoms with Crippen molar-refractivity contribution in [1.82, 2.24) is 10.2 Å². The Bertz CT molecular complexity index is 677. The molecule has 3 N–H and O–H groups in total. The van der Waals surface area contributed by atoms with Crippen molar-refractivity contribution >= 4 is 17.7 Å². The molecule has 0 heterocycles. The van der Waals surface area contributed by atoms with Gasteiger partial charge in [-0.2, -0.15) is 0 Å². The van der Waals surface area contributed by atoms with E-state index < -0.39 is 11.8 Å². The van der Waals surface area contributed by atoms with E-state index in [0.717, 1.165) is 77.0 Å². The fraction of sp³-hybridized carbons (Fsp3) is 0.889. The molecule has 3 saturated carbocycles. The predicted octanol–water partition coefficient (Wildman–Crippen LogP) is 4.98. The second kappa shape index (κ2) is 10.8. The highest BCUT2D eigenvalue weighted by atomic mass is 16.2. The molecule has 0 saturated heterocycles. The molecule has 0 spiro atoms. The molecule has 1 atom stereocenters. The van der Waals surface area contributed by atoms with Gasteiger partial charge in [-0.1, -0.05) is 57.8 Å². The number of hydrogen-bond donors (Lipinski definition) is 2. The summed E-state index contributed by atoms with van der Waals surface area (Å²) in [6, 6.07) is 0. The largest absolute Gasteiger partial charge is 0.370 e. The normalized spacial score (nSPS) is 24.9. The van der Waals surface area contributed by atoms with Gasteiger partial charge in [0.1, 0.15) is 0 Å². The van der Waals surface area contributed by atoms with Crippen LogP contribution in [0.2, 0.25) is 0 Å². The number of nitrogens with zero attached hydrogens (tertiary/aromatic N) is 1. The summed E-state index contributed by atoms with van der Waals surface area (Å²) in [4.78, 5) is 41.4. The molecule has 188 valence electrons. The van der Waals surface area contributed by atoms with E-state index in [2.05, 4.69) is 31.0 Å². The van der Waals surface area contributed by atoms with Crippen molar-refractivity contribution in [3.05, 3.63) is 0 Å². The van der Waals surface area contributed by atoms with E-state index in [-0.39, 0.29) is 41.3 Å². The molecule has 0 aromatic heterocycles. The number of carbonyl (C=O) groups excluding carboxylic acids is 3. The van der Waals surface area contributed by atoms with Gasteiger partial charge in [0, 0.05) is 29.5 Å². The van der Waals surface area contributed by atoms with Crippen molar-refractivity contribution in [3.8, 4) is 0 Å². The standard InChI is InChI=1S/C27H47N3O3/c1-25(13-7-4-8-14-25)29-24(33)21(19-22(28)31)20-23(32)30(26(2)15-9-5-10-16-26)27(3)17-11-6-12-18-27/h21H,4-20H2,1-3H3,(H2,28,31)(H,29,33). The van der Waals surface area contributed by atoms with Crippen LogP contribution in [-0.4, -0.2) is 39.2 Å². The Hall–Kier alpha value is -1.59. The first-order chi connectivity index (χ1) is 15.6. The van der Waals surface area contributed by atoms with Gasteiger partial charge in [0.15, 0.2) is 0 Å². The minimum atomic E-state index is -0.698. The molecular weight excluding hydrogens is 414 g/mol. The summed E-state index contributed by atoms with van der Waals surface area (Å²) in [5.41, 5.74) is 4.94. The maximum Gasteiger partial charge on any atom is 0.224 e. The molecule has 0 aromatic carbocycles. The van der Waals surface area contributed by atoms with Crippen molar-refractivity contribution in [1.29, 1.82) is 0 Å². The molecule has 3 aliphatic rings. The van der Waals surface area contributed by atoms with Crippen molar-refractivity contribution < 1.29 is 14.4 Å². The van der Waals surface area contributed by atoms with Crippen molar-refractivity contribution in [2.75, 3.05) is 0 Å². The zero-order valence-corrected chi connectivity index (χ0v) is 21.3. The first-order valence-electron chi connectivity index (χ1n) is 13.5. The van der Waals surface area contributed by atoms with E-state index in [4.69, 9.17) is 5.73 Å². The summed E-state index contributed by atoms with van der Waals surface area (Å²) in [6.07, 6.45) is 16.3. The SMILES string of the molecule is CC1(NC(=O)C(CC(N)=O)CC(=O)N(C2(C)CCCCC2)C2(C)CCCCC2)CCCCC1. The Morgan fingerprint density at radius 3 is 1.58 bits per heavy atom. The molecule has 0 aliphatic heterocycles. The number of carbonyl (C=O) groups is 3. The number of amides is 3. The van der Waals surface area contributed by atoms with Crippen LogP contribution in [0.15, 0.2) is 0 Å². The lowest BCUT2D eigenvalue weighted by Gasteiger charge is -2.55. The third-order valence-electron chi connectivity index (χ3n) is 8.81. The van der Waals surface area contributed by atoms with Gasteiger partial charge in [0.05, 0.1) is 5.92 Å². The minimum absolute atomic E-state index is 0.0268. The van der Waals surface area contributed by atoms with Gasteiger partial charge in [-0.05, 0) is 59.3 Å². The Labute approximate surface area is 200 Å². The van der Waals surface area contributed by atoms with Gasteiger partial charge in [0.2, 0.25) is 17.7 Å². The quantitative estimate of drug-likeness (QED) is 0.534. The van der Waals surface area contributed by atoms with Crippen molar-refractivity contribution in [3.63, 3.8) is 0 Å². The maximum atomic E-state index is 14.0. The van der Waals surface area contributed by atoms with E-state index in [9.17, 15) is 14.4 Å². The number of primary amides is 1. The number of hydrogen-bond acceptors (Lipinski definition) is 3. The molecule has 33 heavy (non-hydrogen) atoms. The summed E-state index contributed by atoms with van der Waals surface area (Å²) in [5.74, 6) is -1.38. The fourth-order valence-electron chi connectivity index (χ4n) is 6.99. The van der Waals surface area contributed by atoms with Crippen LogP contribution in [0.3, 0.4) is 0 Å². The molecular formula is C27H47N3O3. The summed E-state index contributed by atoms with van der Waals surface area (Å²) in [6.45, 7) is 6.58. The van der Waals surface area contributed by atoms with Gasteiger partial charge in [-0.15, -0.1) is 0 Å². The molecule has 3 fully saturated rings. The monoisotopic (exact) mass is 461 g/mol. The summed E-state index contributed by atoms with van der Waals surface area (Å²) in [5, 5.41) is 3.21. The lowest BCUT2D eigenvalue weighted by Crippen LogP contribution is -2.62. The van der Waals surface area contributed by atoms with Crippen LogP contribution in [0.25, 0.3) is 0 Å². The topological polar surface area (TPSA) is 92.5 Å². The van der Waals surface area contributed by atoms with Crippen molar-refractivity contribution in [2.45, 2.75) is 147 Å². The average Bonchev–Trinajstić information content (AvgIpc) is 2.73. The van der Waals surface area contributed by atoms with Crippen LogP contribution in [0.5, 0.6) is 0 Å². The molecule has 3 rings (SSSR count). The summed E-state index contributed by atoms with van der Waals surface area (Å²) >= 11 is 0. The minimum Gasteiger partial charge on any atom is -0.370 e. The van der Waals surface area contributed by atoms with Crippen LogP contribution >= 0.6 is 0 Å². The third-order valence-corrected chi connectivity index (χ3v) is 8.81. The maximum absolute atomic E-state index is 14.0. The molecule has 3 aliphatic carbocycles. The highest BCUT2D eigenvalue weighted by Crippen LogP contribution is 2.44. The third kappa shape index (κ3) is 6.51. The van der Waals surface area contributed by atoms with E-state index in [1.807, 2.05) is 0 Å². The van der Waals surface area contributed by atoms with Gasteiger partial charge in [-0.25, -0.2) is 0 Å². The van der Waals surface area contributed by atoms with Crippen molar-refractivity contribution in [2.24, 2.45) is 11.7 Å².